The smallest absolute Gasteiger partial charge is 0.457 e. The zero-order valence-electron chi connectivity index (χ0n) is 30.9. The molecule has 0 amide bonds. The molecule has 0 heterocycles. The Kier molecular flexibility index (Phi) is 30.8. The zero-order valence-corrected chi connectivity index (χ0v) is 31.8. The summed E-state index contributed by atoms with van der Waals surface area (Å²) in [6.07, 6.45) is 39.6. The first-order valence-electron chi connectivity index (χ1n) is 18.2. The van der Waals surface area contributed by atoms with E-state index in [4.69, 9.17) is 18.5 Å². The molecule has 0 bridgehead atoms. The minimum absolute atomic E-state index is 0.0673. The Balaban J connectivity index is 4.52. The average Bonchev–Trinajstić information content (AvgIpc) is 3.03. The largest absolute Gasteiger partial charge is 0.472 e. The molecule has 2 unspecified atom stereocenters. The molecule has 9 heteroatoms. The van der Waals surface area contributed by atoms with Crippen LogP contribution in [0, 0.1) is 0 Å². The molecule has 276 valence electrons. The van der Waals surface area contributed by atoms with Gasteiger partial charge < -0.3 is 18.9 Å². The van der Waals surface area contributed by atoms with E-state index in [-0.39, 0.29) is 26.2 Å². The number of hydrogen-bond acceptors (Lipinski definition) is 6. The number of nitrogens with zero attached hydrogens (tertiary/aromatic N) is 1. The number of unbranched alkanes of at least 4 members (excludes halogenated alkanes) is 7. The van der Waals surface area contributed by atoms with Crippen molar-refractivity contribution in [2.24, 2.45) is 0 Å². The fourth-order valence-electron chi connectivity index (χ4n) is 4.22. The number of allylic oxidation sites excluding steroid dienone is 11. The first-order valence-corrected chi connectivity index (χ1v) is 19.7. The number of quaternary nitrogens is 1. The van der Waals surface area contributed by atoms with Crippen molar-refractivity contribution in [3.8, 4) is 0 Å². The molecule has 1 N–H and O–H groups in total. The Bertz CT molecular complexity index is 995. The maximum Gasteiger partial charge on any atom is 0.472 e. The summed E-state index contributed by atoms with van der Waals surface area (Å²) in [6.45, 7) is 5.26. The van der Waals surface area contributed by atoms with Gasteiger partial charge in [-0.25, -0.2) is 4.57 Å². The predicted molar refractivity (Wildman–Crippen MR) is 201 cm³/mol. The van der Waals surface area contributed by atoms with Crippen molar-refractivity contribution >= 4 is 13.8 Å². The fourth-order valence-corrected chi connectivity index (χ4v) is 4.96. The van der Waals surface area contributed by atoms with Gasteiger partial charge in [-0.05, 0) is 57.8 Å². The number of rotatable bonds is 32. The lowest BCUT2D eigenvalue weighted by Crippen LogP contribution is -2.37. The van der Waals surface area contributed by atoms with Gasteiger partial charge in [0.05, 0.1) is 40.8 Å². The van der Waals surface area contributed by atoms with Crippen LogP contribution in [0.3, 0.4) is 0 Å². The predicted octanol–water partition coefficient (Wildman–Crippen LogP) is 9.98. The third-order valence-corrected chi connectivity index (χ3v) is 8.00. The number of carbonyl (C=O) groups is 1. The van der Waals surface area contributed by atoms with E-state index in [1.54, 1.807) is 6.08 Å². The maximum atomic E-state index is 12.5. The minimum atomic E-state index is -4.29. The zero-order chi connectivity index (χ0) is 35.6. The van der Waals surface area contributed by atoms with Gasteiger partial charge in [0.2, 0.25) is 0 Å². The highest BCUT2D eigenvalue weighted by Gasteiger charge is 2.26. The highest BCUT2D eigenvalue weighted by atomic mass is 31.2. The normalized spacial score (nSPS) is 14.9. The van der Waals surface area contributed by atoms with Crippen LogP contribution < -0.4 is 0 Å². The number of ether oxygens (including phenoxy) is 2. The third-order valence-electron chi connectivity index (χ3n) is 7.02. The SMILES string of the molecule is CC/C=C\C/C=C\C/C=C\C/C=C\C/C=C\CC(=O)OC(COCCCCCCCC/C=C\CCC)COP(=O)(O)OCC[N+](C)(C)C. The van der Waals surface area contributed by atoms with Crippen LogP contribution in [0.2, 0.25) is 0 Å². The lowest BCUT2D eigenvalue weighted by atomic mass is 10.1. The molecule has 0 aromatic heterocycles. The van der Waals surface area contributed by atoms with Gasteiger partial charge in [0.25, 0.3) is 0 Å². The van der Waals surface area contributed by atoms with Crippen LogP contribution in [0.4, 0.5) is 0 Å². The summed E-state index contributed by atoms with van der Waals surface area (Å²) in [5, 5.41) is 0. The van der Waals surface area contributed by atoms with Gasteiger partial charge in [0, 0.05) is 6.61 Å². The lowest BCUT2D eigenvalue weighted by Gasteiger charge is -2.24. The monoisotopic (exact) mass is 694 g/mol. The van der Waals surface area contributed by atoms with Crippen LogP contribution in [0.15, 0.2) is 72.9 Å². The summed E-state index contributed by atoms with van der Waals surface area (Å²) < 4.78 is 34.6. The maximum absolute atomic E-state index is 12.5. The van der Waals surface area contributed by atoms with Crippen LogP contribution in [-0.4, -0.2) is 75.6 Å². The molecule has 0 saturated carbocycles. The van der Waals surface area contributed by atoms with Crippen LogP contribution in [0.25, 0.3) is 0 Å². The van der Waals surface area contributed by atoms with Crippen molar-refractivity contribution in [2.45, 2.75) is 116 Å². The van der Waals surface area contributed by atoms with Gasteiger partial charge in [-0.15, -0.1) is 0 Å². The van der Waals surface area contributed by atoms with Crippen molar-refractivity contribution in [1.29, 1.82) is 0 Å². The highest BCUT2D eigenvalue weighted by Crippen LogP contribution is 2.43. The molecule has 0 saturated heterocycles. The number of phosphoric acid groups is 1. The lowest BCUT2D eigenvalue weighted by molar-refractivity contribution is -0.870. The Morgan fingerprint density at radius 1 is 0.667 bits per heavy atom. The molecule has 0 aromatic carbocycles. The Morgan fingerprint density at radius 2 is 1.21 bits per heavy atom. The standard InChI is InChI=1S/C39H68NO7P/c1-6-8-10-12-14-16-18-19-20-21-22-24-26-28-30-32-39(41)47-38(37-46-48(42,43)45-35-33-40(3,4)5)36-44-34-31-29-27-25-23-17-15-13-11-9-7-2/h8,10-11,13-14,16,19-20,22,24,28,30,38H,6-7,9,12,15,17-18,21,23,25-27,29,31-37H2,1-5H3/p+1/b10-8-,13-11-,16-14-,20-19-,24-22-,30-28-. The van der Waals surface area contributed by atoms with E-state index in [1.165, 1.54) is 32.1 Å². The molecule has 0 aliphatic rings. The summed E-state index contributed by atoms with van der Waals surface area (Å²) in [4.78, 5) is 22.7. The topological polar surface area (TPSA) is 91.3 Å². The second-order valence-electron chi connectivity index (χ2n) is 12.9. The second-order valence-corrected chi connectivity index (χ2v) is 14.3. The number of carbonyl (C=O) groups excluding carboxylic acids is 1. The number of likely N-dealkylation sites (N-methyl/N-ethyl adjacent to an activating group) is 1. The summed E-state index contributed by atoms with van der Waals surface area (Å²) in [5.74, 6) is -0.447. The van der Waals surface area contributed by atoms with E-state index < -0.39 is 19.9 Å². The van der Waals surface area contributed by atoms with E-state index >= 15 is 0 Å². The van der Waals surface area contributed by atoms with Crippen LogP contribution >= 0.6 is 7.82 Å². The molecular formula is C39H69NO7P+. The summed E-state index contributed by atoms with van der Waals surface area (Å²) in [7, 11) is 1.59. The van der Waals surface area contributed by atoms with Gasteiger partial charge in [-0.2, -0.15) is 0 Å². The van der Waals surface area contributed by atoms with Gasteiger partial charge in [-0.1, -0.05) is 119 Å². The summed E-state index contributed by atoms with van der Waals surface area (Å²) in [5.41, 5.74) is 0. The Labute approximate surface area is 293 Å². The molecule has 0 rings (SSSR count). The van der Waals surface area contributed by atoms with Crippen molar-refractivity contribution in [2.75, 3.05) is 54.1 Å². The molecule has 0 aromatic rings. The molecule has 48 heavy (non-hydrogen) atoms. The second kappa shape index (κ2) is 32.2. The van der Waals surface area contributed by atoms with E-state index in [1.807, 2.05) is 27.2 Å². The molecular weight excluding hydrogens is 625 g/mol. The van der Waals surface area contributed by atoms with Crippen molar-refractivity contribution in [3.05, 3.63) is 72.9 Å². The fraction of sp³-hybridized carbons (Fsp3) is 0.667. The number of esters is 1. The van der Waals surface area contributed by atoms with Crippen LogP contribution in [0.5, 0.6) is 0 Å². The highest BCUT2D eigenvalue weighted by molar-refractivity contribution is 7.47. The van der Waals surface area contributed by atoms with E-state index in [0.717, 1.165) is 57.8 Å². The van der Waals surface area contributed by atoms with Crippen molar-refractivity contribution < 1.29 is 37.3 Å². The first-order chi connectivity index (χ1) is 23.1. The van der Waals surface area contributed by atoms with E-state index in [2.05, 4.69) is 74.6 Å². The number of phosphoric ester groups is 1. The minimum Gasteiger partial charge on any atom is -0.457 e. The first kappa shape index (κ1) is 45.9. The van der Waals surface area contributed by atoms with E-state index in [9.17, 15) is 14.3 Å². The van der Waals surface area contributed by atoms with Gasteiger partial charge in [0.15, 0.2) is 0 Å². The van der Waals surface area contributed by atoms with Gasteiger partial charge in [0.1, 0.15) is 19.3 Å². The molecule has 2 atom stereocenters. The Morgan fingerprint density at radius 3 is 1.79 bits per heavy atom. The van der Waals surface area contributed by atoms with E-state index in [0.29, 0.717) is 17.6 Å². The van der Waals surface area contributed by atoms with Crippen LogP contribution in [0.1, 0.15) is 110 Å². The molecule has 0 aliphatic carbocycles. The van der Waals surface area contributed by atoms with Crippen LogP contribution in [-0.2, 0) is 27.9 Å². The third kappa shape index (κ3) is 35.3. The van der Waals surface area contributed by atoms with Gasteiger partial charge in [-0.3, -0.25) is 13.8 Å². The quantitative estimate of drug-likeness (QED) is 0.0246. The molecule has 0 aliphatic heterocycles. The van der Waals surface area contributed by atoms with Gasteiger partial charge >= 0.3 is 13.8 Å². The average molecular weight is 695 g/mol. The van der Waals surface area contributed by atoms with Crippen molar-refractivity contribution in [1.82, 2.24) is 0 Å². The van der Waals surface area contributed by atoms with Crippen molar-refractivity contribution in [3.63, 3.8) is 0 Å². The molecule has 0 radical (unpaired) electrons. The molecule has 0 spiro atoms. The summed E-state index contributed by atoms with van der Waals surface area (Å²) >= 11 is 0. The Hall–Kier alpha value is -2.06. The summed E-state index contributed by atoms with van der Waals surface area (Å²) in [6, 6.07) is 0. The molecule has 0 fully saturated rings. The number of hydrogen-bond donors (Lipinski definition) is 1. The molecule has 8 nitrogen and oxygen atoms in total.